The number of alkyl halides is 3. The zero-order valence-corrected chi connectivity index (χ0v) is 24.8. The number of ketones is 1. The van der Waals surface area contributed by atoms with E-state index in [1.807, 2.05) is 36.4 Å². The fraction of sp³-hybridized carbons (Fsp3) is 0.0690. The third kappa shape index (κ3) is 8.63. The Labute approximate surface area is 262 Å². The van der Waals surface area contributed by atoms with Gasteiger partial charge in [-0.2, -0.15) is 0 Å². The first-order valence-corrected chi connectivity index (χ1v) is 14.9. The van der Waals surface area contributed by atoms with Crippen molar-refractivity contribution in [2.45, 2.75) is 8.69 Å². The molecule has 0 N–H and O–H groups in total. The van der Waals surface area contributed by atoms with Gasteiger partial charge in [-0.3, -0.25) is 4.79 Å². The quantitative estimate of drug-likeness (QED) is 0.0306. The Morgan fingerprint density at radius 2 is 1.16 bits per heavy atom. The molecule has 0 saturated heterocycles. The molecule has 0 spiro atoms. The topological polar surface area (TPSA) is 34.1 Å². The van der Waals surface area contributed by atoms with Crippen LogP contribution in [0.3, 0.4) is 0 Å². The van der Waals surface area contributed by atoms with Crippen molar-refractivity contribution in [2.75, 3.05) is 5.75 Å². The van der Waals surface area contributed by atoms with E-state index in [1.165, 1.54) is 0 Å². The summed E-state index contributed by atoms with van der Waals surface area (Å²) in [6.07, 6.45) is 0. The standard InChI is InChI=1S/C23H16Cl3O2S.C6BF8/c24-23(25,26)20-13-11-19(12-14-20)22(27)17-29(28,21-9-5-2-6-10-21)16-15-18-7-3-1-4-8-18;8-2-1(7(13,14)15)3(9)5(11)6(12)4(2)10/h1-14H,17H2;/q+1;-1. The van der Waals surface area contributed by atoms with Crippen molar-refractivity contribution in [3.8, 4) is 11.2 Å². The van der Waals surface area contributed by atoms with Gasteiger partial charge >= 0.3 is 6.98 Å². The van der Waals surface area contributed by atoms with Gasteiger partial charge in [-0.25, -0.2) is 22.0 Å². The molecular formula is C29H16BCl3F8O2S. The predicted octanol–water partition coefficient (Wildman–Crippen LogP) is 8.70. The summed E-state index contributed by atoms with van der Waals surface area (Å²) in [5.74, 6) is -11.1. The number of benzene rings is 4. The Balaban J connectivity index is 0.000000297. The SMILES string of the molecule is Fc1c(F)c(F)c([B-](F)(F)F)c(F)c1F.O=C(C[S+](=O)(C#Cc1ccccc1)c1ccccc1)c1ccc(C(Cl)(Cl)Cl)cc1. The fourth-order valence-electron chi connectivity index (χ4n) is 3.50. The molecule has 0 fully saturated rings. The Hall–Kier alpha value is -3.37. The number of carbonyl (C=O) groups excluding carboxylic acids is 1. The lowest BCUT2D eigenvalue weighted by Gasteiger charge is -2.17. The number of rotatable bonds is 5. The molecule has 1 atom stereocenters. The van der Waals surface area contributed by atoms with Crippen molar-refractivity contribution >= 4 is 63.0 Å². The first kappa shape index (κ1) is 35.1. The Kier molecular flexibility index (Phi) is 11.3. The number of Topliss-reactive ketones (excluding diaryl/α,β-unsaturated/α-hetero) is 1. The van der Waals surface area contributed by atoms with Crippen LogP contribution < -0.4 is 5.46 Å². The van der Waals surface area contributed by atoms with E-state index in [4.69, 9.17) is 34.8 Å². The molecule has 0 heterocycles. The van der Waals surface area contributed by atoms with E-state index in [0.29, 0.717) is 16.0 Å². The molecule has 2 nitrogen and oxygen atoms in total. The number of hydrogen-bond donors (Lipinski definition) is 0. The molecule has 44 heavy (non-hydrogen) atoms. The predicted molar refractivity (Wildman–Crippen MR) is 156 cm³/mol. The van der Waals surface area contributed by atoms with Gasteiger partial charge in [0.2, 0.25) is 19.5 Å². The molecule has 230 valence electrons. The molecule has 4 aromatic rings. The number of halogens is 11. The fourth-order valence-corrected chi connectivity index (χ4v) is 5.65. The summed E-state index contributed by atoms with van der Waals surface area (Å²) in [5, 5.41) is 2.86. The third-order valence-electron chi connectivity index (χ3n) is 5.70. The highest BCUT2D eigenvalue weighted by molar-refractivity contribution is 8.07. The Morgan fingerprint density at radius 1 is 0.705 bits per heavy atom. The van der Waals surface area contributed by atoms with Crippen LogP contribution in [-0.2, 0) is 17.9 Å². The lowest BCUT2D eigenvalue weighted by molar-refractivity contribution is 0.102. The van der Waals surface area contributed by atoms with Crippen molar-refractivity contribution in [1.29, 1.82) is 0 Å². The zero-order valence-electron chi connectivity index (χ0n) is 21.7. The summed E-state index contributed by atoms with van der Waals surface area (Å²) < 4.78 is 110. The molecule has 0 saturated carbocycles. The summed E-state index contributed by atoms with van der Waals surface area (Å²) in [4.78, 5) is 13.4. The first-order chi connectivity index (χ1) is 20.5. The maximum Gasteiger partial charge on any atom is 0.515 e. The van der Waals surface area contributed by atoms with E-state index in [-0.39, 0.29) is 11.5 Å². The van der Waals surface area contributed by atoms with E-state index in [2.05, 4.69) is 11.2 Å². The molecule has 0 bridgehead atoms. The van der Waals surface area contributed by atoms with E-state index in [1.54, 1.807) is 48.5 Å². The summed E-state index contributed by atoms with van der Waals surface area (Å²) in [6.45, 7) is -6.30. The first-order valence-electron chi connectivity index (χ1n) is 12.0. The zero-order chi connectivity index (χ0) is 32.9. The molecule has 0 aliphatic rings. The van der Waals surface area contributed by atoms with Gasteiger partial charge in [-0.15, -0.1) is 0 Å². The van der Waals surface area contributed by atoms with Crippen LogP contribution in [0.2, 0.25) is 0 Å². The van der Waals surface area contributed by atoms with E-state index < -0.39 is 55.3 Å². The van der Waals surface area contributed by atoms with Gasteiger partial charge in [0, 0.05) is 16.7 Å². The minimum absolute atomic E-state index is 0.232. The minimum Gasteiger partial charge on any atom is -0.445 e. The maximum atomic E-state index is 13.7. The van der Waals surface area contributed by atoms with Crippen molar-refractivity contribution in [1.82, 2.24) is 0 Å². The smallest absolute Gasteiger partial charge is 0.445 e. The van der Waals surface area contributed by atoms with Crippen molar-refractivity contribution < 1.29 is 43.9 Å². The molecule has 0 amide bonds. The van der Waals surface area contributed by atoms with Crippen LogP contribution in [0.5, 0.6) is 0 Å². The Morgan fingerprint density at radius 3 is 1.61 bits per heavy atom. The van der Waals surface area contributed by atoms with Crippen LogP contribution in [0, 0.1) is 40.3 Å². The molecule has 1 unspecified atom stereocenters. The van der Waals surface area contributed by atoms with Crippen LogP contribution in [0.15, 0.2) is 89.8 Å². The van der Waals surface area contributed by atoms with Gasteiger partial charge in [0.05, 0.1) is 0 Å². The number of carbonyl (C=O) groups is 1. The summed E-state index contributed by atoms with van der Waals surface area (Å²) in [6, 6.07) is 24.3. The van der Waals surface area contributed by atoms with Crippen LogP contribution in [0.4, 0.5) is 34.9 Å². The second kappa shape index (κ2) is 14.2. The minimum atomic E-state index is -6.30. The van der Waals surface area contributed by atoms with Gasteiger partial charge in [0.25, 0.3) is 0 Å². The summed E-state index contributed by atoms with van der Waals surface area (Å²) in [5.41, 5.74) is -1.16. The molecular weight excluding hydrogens is 682 g/mol. The highest BCUT2D eigenvalue weighted by atomic mass is 35.6. The van der Waals surface area contributed by atoms with E-state index in [0.717, 1.165) is 5.56 Å². The molecule has 15 heteroatoms. The van der Waals surface area contributed by atoms with Gasteiger partial charge in [-0.05, 0) is 35.6 Å². The largest absolute Gasteiger partial charge is 0.515 e. The second-order valence-corrected chi connectivity index (χ2v) is 13.4. The molecule has 4 aromatic carbocycles. The van der Waals surface area contributed by atoms with Crippen LogP contribution in [-0.4, -0.2) is 18.5 Å². The summed E-state index contributed by atoms with van der Waals surface area (Å²) >= 11 is 17.6. The lowest BCUT2D eigenvalue weighted by atomic mass is 9.79. The van der Waals surface area contributed by atoms with Crippen molar-refractivity contribution in [2.24, 2.45) is 0 Å². The molecule has 4 rings (SSSR count). The molecule has 0 aliphatic heterocycles. The normalized spacial score (nSPS) is 12.7. The van der Waals surface area contributed by atoms with Gasteiger partial charge in [0.1, 0.15) is 11.6 Å². The highest BCUT2D eigenvalue weighted by Crippen LogP contribution is 2.38. The Bertz CT molecular complexity index is 1730. The summed E-state index contributed by atoms with van der Waals surface area (Å²) in [7, 11) is -2.94. The highest BCUT2D eigenvalue weighted by Gasteiger charge is 2.38. The average Bonchev–Trinajstić information content (AvgIpc) is 2.98. The molecule has 0 aliphatic carbocycles. The van der Waals surface area contributed by atoms with Crippen LogP contribution in [0.1, 0.15) is 21.5 Å². The molecule has 0 radical (unpaired) electrons. The molecule has 0 aromatic heterocycles. The van der Waals surface area contributed by atoms with E-state index in [9.17, 15) is 43.9 Å². The second-order valence-electron chi connectivity index (χ2n) is 8.78. The van der Waals surface area contributed by atoms with Gasteiger partial charge in [0.15, 0.2) is 33.4 Å². The van der Waals surface area contributed by atoms with Crippen LogP contribution >= 0.6 is 34.8 Å². The maximum absolute atomic E-state index is 13.7. The monoisotopic (exact) mass is 696 g/mol. The average molecular weight is 698 g/mol. The number of hydrogen-bond acceptors (Lipinski definition) is 2. The lowest BCUT2D eigenvalue weighted by Crippen LogP contribution is -2.41. The van der Waals surface area contributed by atoms with Crippen LogP contribution in [0.25, 0.3) is 0 Å². The third-order valence-corrected chi connectivity index (χ3v) is 8.49. The van der Waals surface area contributed by atoms with Crippen molar-refractivity contribution in [3.05, 3.63) is 131 Å². The van der Waals surface area contributed by atoms with Crippen molar-refractivity contribution in [3.63, 3.8) is 0 Å². The van der Waals surface area contributed by atoms with Gasteiger partial charge < -0.3 is 12.9 Å². The van der Waals surface area contributed by atoms with Gasteiger partial charge in [-0.1, -0.05) is 99.7 Å². The van der Waals surface area contributed by atoms with E-state index >= 15 is 0 Å².